The van der Waals surface area contributed by atoms with Gasteiger partial charge in [-0.05, 0) is 19.9 Å². The van der Waals surface area contributed by atoms with Crippen LogP contribution in [-0.2, 0) is 19.1 Å². The van der Waals surface area contributed by atoms with E-state index in [1.807, 2.05) is 24.1 Å². The lowest BCUT2D eigenvalue weighted by Gasteiger charge is -2.34. The Kier molecular flexibility index (Phi) is 12.2. The minimum atomic E-state index is -0.742. The third-order valence-electron chi connectivity index (χ3n) is 11.3. The molecule has 7 heterocycles. The summed E-state index contributed by atoms with van der Waals surface area (Å²) in [6.07, 6.45) is 1.86. The van der Waals surface area contributed by atoms with Gasteiger partial charge >= 0.3 is 0 Å². The first-order valence-electron chi connectivity index (χ1n) is 20.0. The number of amides is 2. The zero-order valence-electron chi connectivity index (χ0n) is 34.0. The standard InChI is InChI=1S/C28H33F2N7O3.C14H12ClF2N3O/c1-18-26(25-21(30)13-19(29)14-22(25)33-27(18)37-4-3-34(2)24(38)17-37)32-23-15-20(35-5-9-39-10-6-35)16-31-28(23)36-7-11-40-12-8-36;1-7-13(15)12-9(17)4-8(16)5-10(12)19-14(7)20-3-2-18-11(21)6-20/h13-16H,3-12,17H2,1-2H3,(H,32,33);4-5H,2-3,6H2,1H3,(H,18,21). The number of carbonyl (C=O) groups excluding carboxylic acids is 2. The van der Waals surface area contributed by atoms with Crippen molar-refractivity contribution in [3.63, 3.8) is 0 Å². The van der Waals surface area contributed by atoms with Gasteiger partial charge in [-0.1, -0.05) is 11.6 Å². The monoisotopic (exact) mass is 864 g/mol. The molecule has 2 N–H and O–H groups in total. The van der Waals surface area contributed by atoms with Gasteiger partial charge in [0.25, 0.3) is 0 Å². The van der Waals surface area contributed by atoms with Gasteiger partial charge in [-0.3, -0.25) is 9.59 Å². The highest BCUT2D eigenvalue weighted by atomic mass is 35.5. The predicted octanol–water partition coefficient (Wildman–Crippen LogP) is 5.32. The molecule has 4 aliphatic rings. The number of piperazine rings is 2. The first-order valence-corrected chi connectivity index (χ1v) is 20.4. The molecule has 0 bridgehead atoms. The topological polar surface area (TPSA) is 132 Å². The van der Waals surface area contributed by atoms with Crippen molar-refractivity contribution < 1.29 is 36.6 Å². The zero-order valence-corrected chi connectivity index (χ0v) is 34.7. The first-order chi connectivity index (χ1) is 29.4. The lowest BCUT2D eigenvalue weighted by molar-refractivity contribution is -0.129. The Bertz CT molecular complexity index is 2510. The third kappa shape index (κ3) is 8.74. The van der Waals surface area contributed by atoms with Crippen LogP contribution in [0.5, 0.6) is 0 Å². The van der Waals surface area contributed by atoms with E-state index in [2.05, 4.69) is 30.4 Å². The Balaban J connectivity index is 0.000000205. The second-order valence-electron chi connectivity index (χ2n) is 15.3. The molecular weight excluding hydrogens is 820 g/mol. The molecule has 9 rings (SSSR count). The number of benzene rings is 2. The number of rotatable bonds is 6. The molecule has 5 aromatic rings. The van der Waals surface area contributed by atoms with Crippen LogP contribution in [0.4, 0.5) is 52.1 Å². The van der Waals surface area contributed by atoms with E-state index in [4.69, 9.17) is 26.1 Å². The SMILES string of the molecule is Cc1c(N2CCN(C)C(=O)C2)nc2cc(F)cc(F)c2c1Nc1cc(N2CCOCC2)cnc1N1CCOCC1.Cc1c(N2CCNC(=O)C2)nc2cc(F)cc(F)c2c1Cl. The number of morpholine rings is 2. The van der Waals surface area contributed by atoms with Crippen LogP contribution >= 0.6 is 11.6 Å². The Hall–Kier alpha value is -5.72. The molecule has 3 aromatic heterocycles. The van der Waals surface area contributed by atoms with Crippen LogP contribution in [0.1, 0.15) is 11.1 Å². The number of ether oxygens (including phenoxy) is 2. The Morgan fingerprint density at radius 3 is 1.92 bits per heavy atom. The highest BCUT2D eigenvalue weighted by Gasteiger charge is 2.28. The van der Waals surface area contributed by atoms with Crippen LogP contribution in [-0.4, -0.2) is 131 Å². The summed E-state index contributed by atoms with van der Waals surface area (Å²) in [5.74, 6) is -1.31. The van der Waals surface area contributed by atoms with Gasteiger partial charge < -0.3 is 44.6 Å². The first kappa shape index (κ1) is 42.0. The Morgan fingerprint density at radius 1 is 0.689 bits per heavy atom. The summed E-state index contributed by atoms with van der Waals surface area (Å²) in [4.78, 5) is 47.5. The number of pyridine rings is 3. The van der Waals surface area contributed by atoms with Crippen LogP contribution in [0.15, 0.2) is 36.5 Å². The molecule has 14 nitrogen and oxygen atoms in total. The number of anilines is 6. The van der Waals surface area contributed by atoms with Crippen LogP contribution in [0.2, 0.25) is 5.02 Å². The predicted molar refractivity (Wildman–Crippen MR) is 226 cm³/mol. The molecule has 4 saturated heterocycles. The van der Waals surface area contributed by atoms with Crippen molar-refractivity contribution in [2.24, 2.45) is 0 Å². The molecule has 0 saturated carbocycles. The van der Waals surface area contributed by atoms with Gasteiger partial charge in [0.05, 0.1) is 89.6 Å². The number of halogens is 5. The molecule has 0 radical (unpaired) electrons. The van der Waals surface area contributed by atoms with Crippen molar-refractivity contribution in [1.29, 1.82) is 0 Å². The number of aromatic nitrogens is 3. The summed E-state index contributed by atoms with van der Waals surface area (Å²) in [6.45, 7) is 11.2. The number of carbonyl (C=O) groups is 2. The Morgan fingerprint density at radius 2 is 1.28 bits per heavy atom. The Labute approximate surface area is 354 Å². The average molecular weight is 865 g/mol. The van der Waals surface area contributed by atoms with Crippen molar-refractivity contribution in [2.75, 3.05) is 124 Å². The second-order valence-corrected chi connectivity index (χ2v) is 15.6. The molecule has 0 atom stereocenters. The van der Waals surface area contributed by atoms with E-state index >= 15 is 4.39 Å². The normalized spacial score (nSPS) is 17.5. The minimum Gasteiger partial charge on any atom is -0.378 e. The molecule has 61 heavy (non-hydrogen) atoms. The fourth-order valence-corrected chi connectivity index (χ4v) is 8.24. The van der Waals surface area contributed by atoms with Crippen molar-refractivity contribution in [3.8, 4) is 0 Å². The highest BCUT2D eigenvalue weighted by Crippen LogP contribution is 2.40. The molecule has 2 amide bonds. The maximum atomic E-state index is 15.4. The number of nitrogens with zero attached hydrogens (tertiary/aromatic N) is 8. The summed E-state index contributed by atoms with van der Waals surface area (Å²) in [6, 6.07) is 6.05. The van der Waals surface area contributed by atoms with Crippen LogP contribution in [0.3, 0.4) is 0 Å². The quantitative estimate of drug-likeness (QED) is 0.214. The molecule has 0 spiro atoms. The van der Waals surface area contributed by atoms with Gasteiger partial charge in [0.2, 0.25) is 11.8 Å². The molecule has 19 heteroatoms. The van der Waals surface area contributed by atoms with Crippen LogP contribution in [0, 0.1) is 37.1 Å². The molecule has 4 fully saturated rings. The van der Waals surface area contributed by atoms with Crippen LogP contribution in [0.25, 0.3) is 21.8 Å². The summed E-state index contributed by atoms with van der Waals surface area (Å²) >= 11 is 6.21. The van der Waals surface area contributed by atoms with E-state index in [-0.39, 0.29) is 51.7 Å². The van der Waals surface area contributed by atoms with E-state index in [9.17, 15) is 22.8 Å². The van der Waals surface area contributed by atoms with Crippen molar-refractivity contribution >= 4 is 79.7 Å². The van der Waals surface area contributed by atoms with Crippen molar-refractivity contribution in [1.82, 2.24) is 25.2 Å². The maximum absolute atomic E-state index is 15.4. The molecule has 4 aliphatic heterocycles. The minimum absolute atomic E-state index is 0.0375. The third-order valence-corrected chi connectivity index (χ3v) is 11.7. The number of likely N-dealkylation sites (N-methyl/N-ethyl adjacent to an activating group) is 1. The molecular formula is C42H45ClF4N10O4. The summed E-state index contributed by atoms with van der Waals surface area (Å²) in [5.41, 5.74) is 3.66. The van der Waals surface area contributed by atoms with Crippen molar-refractivity contribution in [3.05, 3.63) is 75.9 Å². The molecule has 322 valence electrons. The van der Waals surface area contributed by atoms with Crippen LogP contribution < -0.4 is 30.2 Å². The largest absolute Gasteiger partial charge is 0.378 e. The van der Waals surface area contributed by atoms with E-state index in [1.54, 1.807) is 23.8 Å². The lowest BCUT2D eigenvalue weighted by Crippen LogP contribution is -2.49. The van der Waals surface area contributed by atoms with Gasteiger partial charge in [-0.15, -0.1) is 0 Å². The van der Waals surface area contributed by atoms with E-state index in [0.717, 1.165) is 42.8 Å². The maximum Gasteiger partial charge on any atom is 0.241 e. The van der Waals surface area contributed by atoms with E-state index in [0.29, 0.717) is 99.8 Å². The number of hydrogen-bond acceptors (Lipinski definition) is 12. The fourth-order valence-electron chi connectivity index (χ4n) is 7.97. The van der Waals surface area contributed by atoms with Gasteiger partial charge in [-0.25, -0.2) is 32.5 Å². The molecule has 0 unspecified atom stereocenters. The lowest BCUT2D eigenvalue weighted by atomic mass is 10.1. The number of fused-ring (bicyclic) bond motifs is 2. The van der Waals surface area contributed by atoms with Gasteiger partial charge in [-0.2, -0.15) is 0 Å². The number of nitrogens with one attached hydrogen (secondary N) is 2. The van der Waals surface area contributed by atoms with Crippen molar-refractivity contribution in [2.45, 2.75) is 13.8 Å². The van der Waals surface area contributed by atoms with Gasteiger partial charge in [0.1, 0.15) is 34.9 Å². The fraction of sp³-hybridized carbons (Fsp3) is 0.405. The number of hydrogen-bond donors (Lipinski definition) is 2. The van der Waals surface area contributed by atoms with Gasteiger partial charge in [0, 0.05) is 94.8 Å². The summed E-state index contributed by atoms with van der Waals surface area (Å²) in [5, 5.41) is 6.68. The molecule has 0 aliphatic carbocycles. The van der Waals surface area contributed by atoms with E-state index in [1.165, 1.54) is 6.07 Å². The van der Waals surface area contributed by atoms with Gasteiger partial charge in [0.15, 0.2) is 5.82 Å². The zero-order chi connectivity index (χ0) is 42.9. The second kappa shape index (κ2) is 17.7. The summed E-state index contributed by atoms with van der Waals surface area (Å²) in [7, 11) is 1.76. The highest BCUT2D eigenvalue weighted by molar-refractivity contribution is 6.36. The average Bonchev–Trinajstić information content (AvgIpc) is 3.24. The van der Waals surface area contributed by atoms with E-state index < -0.39 is 23.3 Å². The summed E-state index contributed by atoms with van der Waals surface area (Å²) < 4.78 is 68.2. The molecule has 2 aromatic carbocycles. The smallest absolute Gasteiger partial charge is 0.241 e.